The summed E-state index contributed by atoms with van der Waals surface area (Å²) in [6.45, 7) is 26.3. The number of esters is 2. The second kappa shape index (κ2) is 54.5. The summed E-state index contributed by atoms with van der Waals surface area (Å²) in [6.07, 6.45) is 5.14. The molecule has 0 saturated carbocycles. The summed E-state index contributed by atoms with van der Waals surface area (Å²) in [5, 5.41) is 12.8. The molecule has 0 heterocycles. The molecule has 37 heavy (non-hydrogen) atoms. The molecule has 2 amide bonds. The number of aliphatic hydroxyl groups is 1. The first-order valence-corrected chi connectivity index (χ1v) is 12.4. The van der Waals surface area contributed by atoms with Gasteiger partial charge in [0, 0.05) is 47.9 Å². The number of ether oxygens (including phenoxy) is 2. The minimum Gasteiger partial charge on any atom is -0.469 e. The van der Waals surface area contributed by atoms with Gasteiger partial charge in [-0.25, -0.2) is 0 Å². The van der Waals surface area contributed by atoms with E-state index < -0.39 is 0 Å². The fourth-order valence-corrected chi connectivity index (χ4v) is 0. The molecule has 3 N–H and O–H groups in total. The molecule has 0 unspecified atom stereocenters. The summed E-state index contributed by atoms with van der Waals surface area (Å²) in [6, 6.07) is 0. The summed E-state index contributed by atoms with van der Waals surface area (Å²) in [5.74, 6) is 1.24. The van der Waals surface area contributed by atoms with Crippen LogP contribution in [0.2, 0.25) is 0 Å². The lowest BCUT2D eigenvalue weighted by Gasteiger charge is -1.90. The van der Waals surface area contributed by atoms with E-state index in [1.54, 1.807) is 27.9 Å². The summed E-state index contributed by atoms with van der Waals surface area (Å²) < 4.78 is 8.22. The standard InChI is InChI=1S/C5H12.C4H10.C4H8.2C3H7NO.2C3H6O2.C3H8O/c1-4-5(2)3;1-4(2)3;1-3-4-2;2*1-3(5)4-2;2*1-3(4)5-2;1-3(2)4/h5H,4H2,1-3H3;4H,1-3H3;3-4H,1-2H3;2*1-2H3,(H,4,5);2*1-2H3;3-4H,1-2H3/b;;4-3+;;;;;. The normalized spacial score (nSPS) is 7.95. The SMILES string of the molecule is C/C=C/C.CC(C)C.CC(C)O.CCC(C)C.CNC(C)=O.CNC(C)=O.COC(C)=O.COC(C)=O. The Morgan fingerprint density at radius 1 is 0.703 bits per heavy atom. The quantitative estimate of drug-likeness (QED) is 0.294. The zero-order valence-corrected chi connectivity index (χ0v) is 27.5. The molecule has 0 aromatic carbocycles. The van der Waals surface area contributed by atoms with Gasteiger partial charge < -0.3 is 25.2 Å². The van der Waals surface area contributed by atoms with E-state index in [0.717, 1.165) is 11.8 Å². The van der Waals surface area contributed by atoms with E-state index >= 15 is 0 Å². The lowest BCUT2D eigenvalue weighted by atomic mass is 10.2. The zero-order valence-electron chi connectivity index (χ0n) is 27.5. The van der Waals surface area contributed by atoms with Gasteiger partial charge >= 0.3 is 11.9 Å². The van der Waals surface area contributed by atoms with Crippen LogP contribution in [-0.4, -0.2) is 63.3 Å². The van der Waals surface area contributed by atoms with E-state index in [0.29, 0.717) is 0 Å². The first kappa shape index (κ1) is 55.2. The molecular formula is C28H64N2O7. The van der Waals surface area contributed by atoms with Crippen LogP contribution in [0.4, 0.5) is 0 Å². The van der Waals surface area contributed by atoms with Gasteiger partial charge in [-0.15, -0.1) is 0 Å². The highest BCUT2D eigenvalue weighted by Crippen LogP contribution is 1.93. The van der Waals surface area contributed by atoms with Crippen molar-refractivity contribution in [3.63, 3.8) is 0 Å². The third-order valence-corrected chi connectivity index (χ3v) is 2.43. The highest BCUT2D eigenvalue weighted by atomic mass is 16.5. The van der Waals surface area contributed by atoms with Crippen molar-refractivity contribution >= 4 is 23.8 Å². The van der Waals surface area contributed by atoms with Crippen LogP contribution in [0.5, 0.6) is 0 Å². The average Bonchev–Trinajstić information content (AvgIpc) is 2.79. The number of rotatable bonds is 1. The van der Waals surface area contributed by atoms with Crippen molar-refractivity contribution in [1.29, 1.82) is 0 Å². The van der Waals surface area contributed by atoms with E-state index in [1.165, 1.54) is 48.3 Å². The molecule has 228 valence electrons. The number of hydrogen-bond donors (Lipinski definition) is 3. The van der Waals surface area contributed by atoms with Crippen LogP contribution in [0.15, 0.2) is 12.2 Å². The van der Waals surface area contributed by atoms with Gasteiger partial charge in [0.2, 0.25) is 11.8 Å². The molecule has 0 aromatic rings. The van der Waals surface area contributed by atoms with Crippen LogP contribution in [0.25, 0.3) is 0 Å². The maximum atomic E-state index is 9.70. The molecule has 0 spiro atoms. The van der Waals surface area contributed by atoms with E-state index in [4.69, 9.17) is 5.11 Å². The molecule has 9 heteroatoms. The van der Waals surface area contributed by atoms with Gasteiger partial charge in [0.05, 0.1) is 14.2 Å². The number of carbonyl (C=O) groups is 4. The largest absolute Gasteiger partial charge is 0.469 e. The third-order valence-electron chi connectivity index (χ3n) is 2.43. The topological polar surface area (TPSA) is 131 Å². The lowest BCUT2D eigenvalue weighted by Crippen LogP contribution is -2.11. The summed E-state index contributed by atoms with van der Waals surface area (Å²) in [4.78, 5) is 38.6. The number of aliphatic hydroxyl groups excluding tert-OH is 1. The Kier molecular flexibility index (Phi) is 81.3. The van der Waals surface area contributed by atoms with E-state index in [2.05, 4.69) is 61.6 Å². The monoisotopic (exact) mass is 540 g/mol. The number of carbonyl (C=O) groups excluding carboxylic acids is 4. The van der Waals surface area contributed by atoms with Crippen LogP contribution < -0.4 is 10.6 Å². The van der Waals surface area contributed by atoms with Crippen LogP contribution in [0.1, 0.15) is 103 Å². The smallest absolute Gasteiger partial charge is 0.302 e. The molecule has 0 bridgehead atoms. The Labute approximate surface area is 230 Å². The Balaban J connectivity index is -0.0000000434. The minimum absolute atomic E-state index is 0.00463. The fourth-order valence-electron chi connectivity index (χ4n) is 0. The molecule has 0 aromatic heterocycles. The van der Waals surface area contributed by atoms with Crippen molar-refractivity contribution in [2.24, 2.45) is 11.8 Å². The van der Waals surface area contributed by atoms with Gasteiger partial charge in [-0.3, -0.25) is 19.2 Å². The van der Waals surface area contributed by atoms with Crippen molar-refractivity contribution in [3.05, 3.63) is 12.2 Å². The third kappa shape index (κ3) is 455. The molecule has 0 saturated heterocycles. The van der Waals surface area contributed by atoms with Crippen molar-refractivity contribution in [2.45, 2.75) is 109 Å². The molecule has 0 atom stereocenters. The van der Waals surface area contributed by atoms with Gasteiger partial charge in [-0.2, -0.15) is 0 Å². The van der Waals surface area contributed by atoms with Gasteiger partial charge in [0.25, 0.3) is 0 Å². The van der Waals surface area contributed by atoms with E-state index in [9.17, 15) is 19.2 Å². The Bertz CT molecular complexity index is 406. The minimum atomic E-state index is -0.245. The van der Waals surface area contributed by atoms with Crippen LogP contribution in [-0.2, 0) is 28.7 Å². The first-order chi connectivity index (χ1) is 16.7. The number of nitrogens with one attached hydrogen (secondary N) is 2. The number of hydrogen-bond acceptors (Lipinski definition) is 7. The van der Waals surface area contributed by atoms with Crippen molar-refractivity contribution in [2.75, 3.05) is 28.3 Å². The predicted molar refractivity (Wildman–Crippen MR) is 158 cm³/mol. The number of allylic oxidation sites excluding steroid dienone is 2. The predicted octanol–water partition coefficient (Wildman–Crippen LogP) is 5.55. The molecule has 0 fully saturated rings. The van der Waals surface area contributed by atoms with E-state index in [-0.39, 0.29) is 29.9 Å². The molecule has 0 radical (unpaired) electrons. The maximum Gasteiger partial charge on any atom is 0.302 e. The average molecular weight is 541 g/mol. The van der Waals surface area contributed by atoms with Gasteiger partial charge in [-0.1, -0.05) is 60.1 Å². The summed E-state index contributed by atoms with van der Waals surface area (Å²) in [5.41, 5.74) is 0. The molecule has 0 aliphatic carbocycles. The first-order valence-electron chi connectivity index (χ1n) is 12.4. The van der Waals surface area contributed by atoms with E-state index in [1.807, 2.05) is 26.0 Å². The van der Waals surface area contributed by atoms with Crippen molar-refractivity contribution < 1.29 is 33.8 Å². The molecule has 0 aliphatic rings. The van der Waals surface area contributed by atoms with Gasteiger partial charge in [-0.05, 0) is 39.5 Å². The van der Waals surface area contributed by atoms with Crippen LogP contribution in [0.3, 0.4) is 0 Å². The highest BCUT2D eigenvalue weighted by molar-refractivity contribution is 5.72. The summed E-state index contributed by atoms with van der Waals surface area (Å²) in [7, 11) is 5.90. The second-order valence-corrected chi connectivity index (χ2v) is 8.30. The number of amides is 2. The second-order valence-electron chi connectivity index (χ2n) is 8.30. The Morgan fingerprint density at radius 2 is 0.811 bits per heavy atom. The van der Waals surface area contributed by atoms with Gasteiger partial charge in [0.15, 0.2) is 0 Å². The lowest BCUT2D eigenvalue weighted by molar-refractivity contribution is -0.138. The maximum absolute atomic E-state index is 9.70. The van der Waals surface area contributed by atoms with Crippen LogP contribution in [0, 0.1) is 11.8 Å². The van der Waals surface area contributed by atoms with Gasteiger partial charge in [0.1, 0.15) is 0 Å². The Morgan fingerprint density at radius 3 is 0.811 bits per heavy atom. The molecule has 9 nitrogen and oxygen atoms in total. The summed E-state index contributed by atoms with van der Waals surface area (Å²) >= 11 is 0. The highest BCUT2D eigenvalue weighted by Gasteiger charge is 1.80. The molecule has 0 rings (SSSR count). The Hall–Kier alpha value is -2.42. The fraction of sp³-hybridized carbons (Fsp3) is 0.786. The molecule has 0 aliphatic heterocycles. The molecular weight excluding hydrogens is 476 g/mol. The van der Waals surface area contributed by atoms with Crippen molar-refractivity contribution in [3.8, 4) is 0 Å². The zero-order chi connectivity index (χ0) is 32.0. The number of methoxy groups -OCH3 is 2. The van der Waals surface area contributed by atoms with Crippen LogP contribution >= 0.6 is 0 Å². The van der Waals surface area contributed by atoms with Crippen molar-refractivity contribution in [1.82, 2.24) is 10.6 Å².